The minimum absolute atomic E-state index is 0.0334. The van der Waals surface area contributed by atoms with Crippen molar-refractivity contribution in [2.24, 2.45) is 0 Å². The van der Waals surface area contributed by atoms with E-state index >= 15 is 0 Å². The van der Waals surface area contributed by atoms with Crippen molar-refractivity contribution in [2.45, 2.75) is 12.8 Å². The summed E-state index contributed by atoms with van der Waals surface area (Å²) in [5.74, 6) is 0.474. The molecule has 0 radical (unpaired) electrons. The molecule has 8 heteroatoms. The molecule has 1 N–H and O–H groups in total. The third kappa shape index (κ3) is 3.90. The lowest BCUT2D eigenvalue weighted by Gasteiger charge is -2.35. The standard InChI is InChI=1S/C19H24N4O4/c24-17-13-27-16-11-14(3-4-15(16)20-17)19(26)23-9-7-21(8-10-23)12-18(25)22-5-1-2-6-22/h3-4,11H,1-2,5-10,12-13H2,(H,20,24). The number of amides is 3. The van der Waals surface area contributed by atoms with Gasteiger partial charge in [0.1, 0.15) is 5.75 Å². The molecule has 2 fully saturated rings. The van der Waals surface area contributed by atoms with Crippen LogP contribution in [0.15, 0.2) is 18.2 Å². The first-order valence-electron chi connectivity index (χ1n) is 9.46. The summed E-state index contributed by atoms with van der Waals surface area (Å²) >= 11 is 0. The second-order valence-electron chi connectivity index (χ2n) is 7.20. The molecule has 3 amide bonds. The van der Waals surface area contributed by atoms with Gasteiger partial charge in [-0.2, -0.15) is 0 Å². The molecule has 144 valence electrons. The molecule has 3 aliphatic rings. The van der Waals surface area contributed by atoms with E-state index in [1.807, 2.05) is 4.90 Å². The molecule has 3 aliphatic heterocycles. The first-order chi connectivity index (χ1) is 13.1. The molecule has 1 aromatic carbocycles. The van der Waals surface area contributed by atoms with Crippen LogP contribution in [-0.2, 0) is 9.59 Å². The maximum Gasteiger partial charge on any atom is 0.262 e. The van der Waals surface area contributed by atoms with Crippen molar-refractivity contribution in [3.05, 3.63) is 23.8 Å². The minimum Gasteiger partial charge on any atom is -0.482 e. The van der Waals surface area contributed by atoms with Gasteiger partial charge in [-0.25, -0.2) is 0 Å². The van der Waals surface area contributed by atoms with Gasteiger partial charge < -0.3 is 19.9 Å². The van der Waals surface area contributed by atoms with Gasteiger partial charge in [0, 0.05) is 44.8 Å². The molecule has 0 spiro atoms. The lowest BCUT2D eigenvalue weighted by molar-refractivity contribution is -0.131. The topological polar surface area (TPSA) is 82.2 Å². The number of hydrogen-bond donors (Lipinski definition) is 1. The van der Waals surface area contributed by atoms with Gasteiger partial charge in [-0.1, -0.05) is 0 Å². The summed E-state index contributed by atoms with van der Waals surface area (Å²) in [5, 5.41) is 2.72. The summed E-state index contributed by atoms with van der Waals surface area (Å²) in [6.07, 6.45) is 2.20. The summed E-state index contributed by atoms with van der Waals surface area (Å²) in [7, 11) is 0. The number of nitrogens with zero attached hydrogens (tertiary/aromatic N) is 3. The molecule has 1 aromatic rings. The minimum atomic E-state index is -0.193. The van der Waals surface area contributed by atoms with E-state index in [0.29, 0.717) is 49.7 Å². The van der Waals surface area contributed by atoms with Crippen molar-refractivity contribution in [1.82, 2.24) is 14.7 Å². The molecule has 2 saturated heterocycles. The van der Waals surface area contributed by atoms with Crippen LogP contribution in [0.5, 0.6) is 5.75 Å². The Hall–Kier alpha value is -2.61. The third-order valence-electron chi connectivity index (χ3n) is 5.34. The molecular weight excluding hydrogens is 348 g/mol. The van der Waals surface area contributed by atoms with Crippen LogP contribution in [0.2, 0.25) is 0 Å². The van der Waals surface area contributed by atoms with E-state index in [1.165, 1.54) is 0 Å². The van der Waals surface area contributed by atoms with Gasteiger partial charge in [0.2, 0.25) is 5.91 Å². The molecule has 8 nitrogen and oxygen atoms in total. The zero-order valence-corrected chi connectivity index (χ0v) is 15.3. The Kier molecular flexibility index (Phi) is 4.98. The number of nitrogens with one attached hydrogen (secondary N) is 1. The van der Waals surface area contributed by atoms with Crippen LogP contribution in [0, 0.1) is 0 Å². The molecule has 0 aromatic heterocycles. The normalized spacial score (nSPS) is 20.1. The first-order valence-corrected chi connectivity index (χ1v) is 9.46. The van der Waals surface area contributed by atoms with Gasteiger partial charge >= 0.3 is 0 Å². The smallest absolute Gasteiger partial charge is 0.262 e. The molecule has 0 saturated carbocycles. The number of hydrogen-bond acceptors (Lipinski definition) is 5. The largest absolute Gasteiger partial charge is 0.482 e. The zero-order valence-electron chi connectivity index (χ0n) is 15.3. The van der Waals surface area contributed by atoms with Gasteiger partial charge in [0.05, 0.1) is 12.2 Å². The van der Waals surface area contributed by atoms with Crippen molar-refractivity contribution in [2.75, 3.05) is 57.7 Å². The quantitative estimate of drug-likeness (QED) is 0.831. The average molecular weight is 372 g/mol. The molecule has 0 bridgehead atoms. The second-order valence-corrected chi connectivity index (χ2v) is 7.20. The Morgan fingerprint density at radius 2 is 1.74 bits per heavy atom. The maximum atomic E-state index is 12.8. The Morgan fingerprint density at radius 1 is 1.00 bits per heavy atom. The third-order valence-corrected chi connectivity index (χ3v) is 5.34. The van der Waals surface area contributed by atoms with Gasteiger partial charge in [-0.3, -0.25) is 19.3 Å². The van der Waals surface area contributed by atoms with E-state index in [-0.39, 0.29) is 24.3 Å². The van der Waals surface area contributed by atoms with Crippen LogP contribution < -0.4 is 10.1 Å². The summed E-state index contributed by atoms with van der Waals surface area (Å²) in [4.78, 5) is 42.2. The maximum absolute atomic E-state index is 12.8. The molecule has 0 unspecified atom stereocenters. The van der Waals surface area contributed by atoms with Crippen molar-refractivity contribution in [1.29, 1.82) is 0 Å². The zero-order chi connectivity index (χ0) is 18.8. The summed E-state index contributed by atoms with van der Waals surface area (Å²) in [6.45, 7) is 4.74. The van der Waals surface area contributed by atoms with E-state index in [0.717, 1.165) is 25.9 Å². The highest BCUT2D eigenvalue weighted by atomic mass is 16.5. The van der Waals surface area contributed by atoms with E-state index in [2.05, 4.69) is 10.2 Å². The fourth-order valence-electron chi connectivity index (χ4n) is 3.76. The highest BCUT2D eigenvalue weighted by Crippen LogP contribution is 2.29. The van der Waals surface area contributed by atoms with Crippen LogP contribution in [0.1, 0.15) is 23.2 Å². The molecular formula is C19H24N4O4. The van der Waals surface area contributed by atoms with E-state index in [9.17, 15) is 14.4 Å². The average Bonchev–Trinajstić information content (AvgIpc) is 3.22. The van der Waals surface area contributed by atoms with Crippen molar-refractivity contribution < 1.29 is 19.1 Å². The number of ether oxygens (including phenoxy) is 1. The molecule has 3 heterocycles. The fourth-order valence-corrected chi connectivity index (χ4v) is 3.76. The van der Waals surface area contributed by atoms with Crippen LogP contribution in [0.4, 0.5) is 5.69 Å². The number of carbonyl (C=O) groups is 3. The van der Waals surface area contributed by atoms with E-state index in [1.54, 1.807) is 23.1 Å². The summed E-state index contributed by atoms with van der Waals surface area (Å²) < 4.78 is 5.39. The molecule has 27 heavy (non-hydrogen) atoms. The Bertz CT molecular complexity index is 752. The van der Waals surface area contributed by atoms with E-state index < -0.39 is 0 Å². The SMILES string of the molecule is O=C1COc2cc(C(=O)N3CCN(CC(=O)N4CCCC4)CC3)ccc2N1. The number of fused-ring (bicyclic) bond motifs is 1. The highest BCUT2D eigenvalue weighted by molar-refractivity contribution is 5.99. The Balaban J connectivity index is 1.32. The Morgan fingerprint density at radius 3 is 2.48 bits per heavy atom. The fraction of sp³-hybridized carbons (Fsp3) is 0.526. The lowest BCUT2D eigenvalue weighted by atomic mass is 10.1. The van der Waals surface area contributed by atoms with Crippen LogP contribution in [-0.4, -0.2) is 84.8 Å². The molecule has 0 atom stereocenters. The summed E-state index contributed by atoms with van der Waals surface area (Å²) in [5.41, 5.74) is 1.14. The van der Waals surface area contributed by atoms with Gasteiger partial charge in [-0.15, -0.1) is 0 Å². The Labute approximate surface area is 158 Å². The van der Waals surface area contributed by atoms with Gasteiger partial charge in [0.15, 0.2) is 6.61 Å². The number of rotatable bonds is 3. The van der Waals surface area contributed by atoms with Crippen molar-refractivity contribution in [3.8, 4) is 5.75 Å². The van der Waals surface area contributed by atoms with Crippen LogP contribution in [0.25, 0.3) is 0 Å². The number of benzene rings is 1. The van der Waals surface area contributed by atoms with Crippen LogP contribution in [0.3, 0.4) is 0 Å². The van der Waals surface area contributed by atoms with Crippen molar-refractivity contribution >= 4 is 23.4 Å². The monoisotopic (exact) mass is 372 g/mol. The highest BCUT2D eigenvalue weighted by Gasteiger charge is 2.26. The number of carbonyl (C=O) groups excluding carboxylic acids is 3. The van der Waals surface area contributed by atoms with Gasteiger partial charge in [0.25, 0.3) is 11.8 Å². The number of anilines is 1. The predicted molar refractivity (Wildman–Crippen MR) is 98.7 cm³/mol. The first kappa shape index (κ1) is 17.8. The number of likely N-dealkylation sites (tertiary alicyclic amines) is 1. The van der Waals surface area contributed by atoms with Crippen molar-refractivity contribution in [3.63, 3.8) is 0 Å². The van der Waals surface area contributed by atoms with Gasteiger partial charge in [-0.05, 0) is 31.0 Å². The lowest BCUT2D eigenvalue weighted by Crippen LogP contribution is -2.51. The number of piperazine rings is 1. The van der Waals surface area contributed by atoms with Crippen LogP contribution >= 0.6 is 0 Å². The van der Waals surface area contributed by atoms with E-state index in [4.69, 9.17) is 4.74 Å². The molecule has 4 rings (SSSR count). The predicted octanol–water partition coefficient (Wildman–Crippen LogP) is 0.398. The molecule has 0 aliphatic carbocycles. The second kappa shape index (κ2) is 7.56. The summed E-state index contributed by atoms with van der Waals surface area (Å²) in [6, 6.07) is 5.09.